The zero-order valence-corrected chi connectivity index (χ0v) is 12.1. The van der Waals surface area contributed by atoms with Gasteiger partial charge in [0, 0.05) is 17.6 Å². The molecule has 0 unspecified atom stereocenters. The molecule has 0 aliphatic rings. The summed E-state index contributed by atoms with van der Waals surface area (Å²) in [5.41, 5.74) is 2.14. The number of nitrogens with zero attached hydrogens (tertiary/aromatic N) is 1. The first-order valence-electron chi connectivity index (χ1n) is 7.04. The lowest BCUT2D eigenvalue weighted by Crippen LogP contribution is -2.30. The first-order chi connectivity index (χ1) is 11.1. The Morgan fingerprint density at radius 3 is 2.83 bits per heavy atom. The van der Waals surface area contributed by atoms with Gasteiger partial charge in [-0.05, 0) is 42.3 Å². The van der Waals surface area contributed by atoms with E-state index in [0.29, 0.717) is 24.2 Å². The van der Waals surface area contributed by atoms with E-state index in [-0.39, 0.29) is 6.03 Å². The average Bonchev–Trinajstić information content (AvgIpc) is 2.98. The molecule has 0 aliphatic heterocycles. The van der Waals surface area contributed by atoms with Gasteiger partial charge in [-0.2, -0.15) is 5.10 Å². The Morgan fingerprint density at radius 2 is 2.00 bits per heavy atom. The van der Waals surface area contributed by atoms with Crippen LogP contribution in [-0.4, -0.2) is 22.8 Å². The highest BCUT2D eigenvalue weighted by atomic mass is 19.2. The summed E-state index contributed by atoms with van der Waals surface area (Å²) in [5.74, 6) is -1.77. The predicted octanol–water partition coefficient (Wildman–Crippen LogP) is 3.21. The van der Waals surface area contributed by atoms with Crippen LogP contribution in [0.3, 0.4) is 0 Å². The maximum atomic E-state index is 13.1. The second-order valence-corrected chi connectivity index (χ2v) is 5.05. The zero-order chi connectivity index (χ0) is 16.2. The van der Waals surface area contributed by atoms with Gasteiger partial charge >= 0.3 is 6.03 Å². The number of carbonyl (C=O) groups is 1. The van der Waals surface area contributed by atoms with Crippen LogP contribution in [0.2, 0.25) is 0 Å². The van der Waals surface area contributed by atoms with Crippen LogP contribution >= 0.6 is 0 Å². The van der Waals surface area contributed by atoms with Gasteiger partial charge in [-0.25, -0.2) is 13.6 Å². The average molecular weight is 316 g/mol. The highest BCUT2D eigenvalue weighted by Crippen LogP contribution is 2.16. The maximum Gasteiger partial charge on any atom is 0.319 e. The van der Waals surface area contributed by atoms with Crippen molar-refractivity contribution in [1.82, 2.24) is 15.5 Å². The van der Waals surface area contributed by atoms with Crippen molar-refractivity contribution in [3.05, 3.63) is 59.8 Å². The third-order valence-electron chi connectivity index (χ3n) is 3.38. The summed E-state index contributed by atoms with van der Waals surface area (Å²) in [6.07, 6.45) is 2.08. The standard InChI is InChI=1S/C16H14F2N4O/c17-13-3-1-10(7-14(13)18)5-6-19-16(23)21-12-2-4-15-11(8-12)9-20-22-15/h1-4,7-9H,5-6H2,(H,20,22)(H2,19,21,23). The van der Waals surface area contributed by atoms with Gasteiger partial charge in [0.2, 0.25) is 0 Å². The molecule has 3 N–H and O–H groups in total. The van der Waals surface area contributed by atoms with Crippen LogP contribution in [0.1, 0.15) is 5.56 Å². The first-order valence-corrected chi connectivity index (χ1v) is 7.04. The summed E-state index contributed by atoms with van der Waals surface area (Å²) in [6, 6.07) is 8.70. The number of nitrogens with one attached hydrogen (secondary N) is 3. The number of anilines is 1. The summed E-state index contributed by atoms with van der Waals surface area (Å²) in [7, 11) is 0. The third kappa shape index (κ3) is 3.63. The van der Waals surface area contributed by atoms with Crippen molar-refractivity contribution in [2.45, 2.75) is 6.42 Å². The minimum atomic E-state index is -0.889. The van der Waals surface area contributed by atoms with E-state index in [4.69, 9.17) is 0 Å². The molecule has 7 heteroatoms. The van der Waals surface area contributed by atoms with Crippen molar-refractivity contribution in [1.29, 1.82) is 0 Å². The van der Waals surface area contributed by atoms with Crippen LogP contribution in [0, 0.1) is 11.6 Å². The number of halogens is 2. The van der Waals surface area contributed by atoms with Crippen LogP contribution < -0.4 is 10.6 Å². The number of hydrogen-bond acceptors (Lipinski definition) is 2. The van der Waals surface area contributed by atoms with Crippen molar-refractivity contribution in [2.75, 3.05) is 11.9 Å². The van der Waals surface area contributed by atoms with E-state index < -0.39 is 11.6 Å². The highest BCUT2D eigenvalue weighted by Gasteiger charge is 2.05. The second kappa shape index (κ2) is 6.43. The van der Waals surface area contributed by atoms with Crippen molar-refractivity contribution in [3.63, 3.8) is 0 Å². The van der Waals surface area contributed by atoms with Gasteiger partial charge in [0.25, 0.3) is 0 Å². The molecule has 2 aromatic carbocycles. The lowest BCUT2D eigenvalue weighted by atomic mass is 10.1. The highest BCUT2D eigenvalue weighted by molar-refractivity contribution is 5.92. The number of aromatic amines is 1. The van der Waals surface area contributed by atoms with Gasteiger partial charge in [0.05, 0.1) is 11.7 Å². The molecule has 0 radical (unpaired) electrons. The van der Waals surface area contributed by atoms with E-state index in [1.165, 1.54) is 6.07 Å². The van der Waals surface area contributed by atoms with Gasteiger partial charge in [-0.1, -0.05) is 6.07 Å². The quantitative estimate of drug-likeness (QED) is 0.692. The normalized spacial score (nSPS) is 10.7. The van der Waals surface area contributed by atoms with E-state index in [9.17, 15) is 13.6 Å². The summed E-state index contributed by atoms with van der Waals surface area (Å²) in [4.78, 5) is 11.8. The molecule has 5 nitrogen and oxygen atoms in total. The Labute approximate surface area is 130 Å². The molecular formula is C16H14F2N4O. The molecule has 0 saturated carbocycles. The van der Waals surface area contributed by atoms with Crippen molar-refractivity contribution in [2.24, 2.45) is 0 Å². The largest absolute Gasteiger partial charge is 0.338 e. The molecule has 0 saturated heterocycles. The van der Waals surface area contributed by atoms with Crippen LogP contribution in [0.4, 0.5) is 19.3 Å². The first kappa shape index (κ1) is 15.0. The van der Waals surface area contributed by atoms with E-state index >= 15 is 0 Å². The fraction of sp³-hybridized carbons (Fsp3) is 0.125. The van der Waals surface area contributed by atoms with Crippen molar-refractivity contribution in [3.8, 4) is 0 Å². The molecule has 0 bridgehead atoms. The molecule has 0 atom stereocenters. The topological polar surface area (TPSA) is 69.8 Å². The summed E-state index contributed by atoms with van der Waals surface area (Å²) >= 11 is 0. The molecule has 1 aromatic heterocycles. The number of fused-ring (bicyclic) bond motifs is 1. The molecule has 23 heavy (non-hydrogen) atoms. The smallest absolute Gasteiger partial charge is 0.319 e. The van der Waals surface area contributed by atoms with Gasteiger partial charge in [-0.15, -0.1) is 0 Å². The van der Waals surface area contributed by atoms with Crippen molar-refractivity contribution < 1.29 is 13.6 Å². The summed E-state index contributed by atoms with van der Waals surface area (Å²) < 4.78 is 25.9. The monoisotopic (exact) mass is 316 g/mol. The van der Waals surface area contributed by atoms with Gasteiger partial charge < -0.3 is 10.6 Å². The Bertz CT molecular complexity index is 847. The van der Waals surface area contributed by atoms with E-state index in [2.05, 4.69) is 20.8 Å². The molecule has 1 heterocycles. The molecule has 3 rings (SSSR count). The number of rotatable bonds is 4. The number of amides is 2. The fourth-order valence-electron chi connectivity index (χ4n) is 2.21. The van der Waals surface area contributed by atoms with Gasteiger partial charge in [0.15, 0.2) is 11.6 Å². The molecule has 2 amide bonds. The van der Waals surface area contributed by atoms with Gasteiger partial charge in [0.1, 0.15) is 0 Å². The minimum Gasteiger partial charge on any atom is -0.338 e. The van der Waals surface area contributed by atoms with Crippen LogP contribution in [0.5, 0.6) is 0 Å². The Balaban J connectivity index is 1.51. The van der Waals surface area contributed by atoms with E-state index in [0.717, 1.165) is 23.0 Å². The second-order valence-electron chi connectivity index (χ2n) is 5.05. The molecule has 0 spiro atoms. The van der Waals surface area contributed by atoms with Crippen LogP contribution in [0.25, 0.3) is 10.9 Å². The number of H-pyrrole nitrogens is 1. The molecule has 0 aliphatic carbocycles. The lowest BCUT2D eigenvalue weighted by Gasteiger charge is -2.08. The number of benzene rings is 2. The molecular weight excluding hydrogens is 302 g/mol. The number of aromatic nitrogens is 2. The van der Waals surface area contributed by atoms with Crippen molar-refractivity contribution >= 4 is 22.6 Å². The Kier molecular flexibility index (Phi) is 4.18. The summed E-state index contributed by atoms with van der Waals surface area (Å²) in [5, 5.41) is 13.0. The Morgan fingerprint density at radius 1 is 1.13 bits per heavy atom. The fourth-order valence-corrected chi connectivity index (χ4v) is 2.21. The molecule has 118 valence electrons. The molecule has 0 fully saturated rings. The minimum absolute atomic E-state index is 0.310. The predicted molar refractivity (Wildman–Crippen MR) is 83.2 cm³/mol. The Hall–Kier alpha value is -2.96. The van der Waals surface area contributed by atoms with E-state index in [1.807, 2.05) is 6.07 Å². The summed E-state index contributed by atoms with van der Waals surface area (Å²) in [6.45, 7) is 0.310. The van der Waals surface area contributed by atoms with Crippen LogP contribution in [-0.2, 0) is 6.42 Å². The van der Waals surface area contributed by atoms with Gasteiger partial charge in [-0.3, -0.25) is 5.10 Å². The van der Waals surface area contributed by atoms with Crippen LogP contribution in [0.15, 0.2) is 42.6 Å². The number of hydrogen-bond donors (Lipinski definition) is 3. The molecule has 3 aromatic rings. The third-order valence-corrected chi connectivity index (χ3v) is 3.38. The lowest BCUT2D eigenvalue weighted by molar-refractivity contribution is 0.252. The maximum absolute atomic E-state index is 13.1. The SMILES string of the molecule is O=C(NCCc1ccc(F)c(F)c1)Nc1ccc2[nH]ncc2c1. The van der Waals surface area contributed by atoms with E-state index in [1.54, 1.807) is 18.3 Å². The number of urea groups is 1. The zero-order valence-electron chi connectivity index (χ0n) is 12.1. The number of carbonyl (C=O) groups excluding carboxylic acids is 1.